The minimum atomic E-state index is 0.633. The Morgan fingerprint density at radius 2 is 1.56 bits per heavy atom. The molecule has 0 saturated heterocycles. The second-order valence-electron chi connectivity index (χ2n) is 3.52. The van der Waals surface area contributed by atoms with Gasteiger partial charge in [0.1, 0.15) is 12.4 Å². The van der Waals surface area contributed by atoms with Crippen LogP contribution in [0.4, 0.5) is 0 Å². The molecule has 2 aromatic carbocycles. The molecule has 2 heteroatoms. The first kappa shape index (κ1) is 11.5. The fourth-order valence-electron chi connectivity index (χ4n) is 1.49. The standard InChI is InChI=1S/C14H13IO/c15-10-13-8-4-5-9-14(13)16-11-12-6-2-1-3-7-12/h1-9H,10-11H2. The lowest BCUT2D eigenvalue weighted by molar-refractivity contribution is 0.304. The Morgan fingerprint density at radius 3 is 2.31 bits per heavy atom. The fraction of sp³-hybridized carbons (Fsp3) is 0.143. The molecule has 1 nitrogen and oxygen atoms in total. The molecule has 0 aliphatic heterocycles. The van der Waals surface area contributed by atoms with E-state index in [1.165, 1.54) is 11.1 Å². The van der Waals surface area contributed by atoms with Crippen LogP contribution in [0, 0.1) is 0 Å². The van der Waals surface area contributed by atoms with Crippen molar-refractivity contribution in [2.24, 2.45) is 0 Å². The zero-order chi connectivity index (χ0) is 11.2. The van der Waals surface area contributed by atoms with Gasteiger partial charge in [0.25, 0.3) is 0 Å². The molecular weight excluding hydrogens is 311 g/mol. The molecule has 0 fully saturated rings. The monoisotopic (exact) mass is 324 g/mol. The number of rotatable bonds is 4. The predicted octanol–water partition coefficient (Wildman–Crippen LogP) is 4.20. The third kappa shape index (κ3) is 2.98. The van der Waals surface area contributed by atoms with Crippen molar-refractivity contribution < 1.29 is 4.74 Å². The fourth-order valence-corrected chi connectivity index (χ4v) is 2.12. The van der Waals surface area contributed by atoms with Gasteiger partial charge in [-0.25, -0.2) is 0 Å². The van der Waals surface area contributed by atoms with E-state index < -0.39 is 0 Å². The first-order chi connectivity index (χ1) is 7.90. The van der Waals surface area contributed by atoms with Gasteiger partial charge in [-0.05, 0) is 11.6 Å². The average Bonchev–Trinajstić information content (AvgIpc) is 2.38. The number of para-hydroxylation sites is 1. The quantitative estimate of drug-likeness (QED) is 0.605. The predicted molar refractivity (Wildman–Crippen MR) is 74.9 cm³/mol. The van der Waals surface area contributed by atoms with Crippen molar-refractivity contribution in [2.45, 2.75) is 11.0 Å². The highest BCUT2D eigenvalue weighted by Gasteiger charge is 2.01. The van der Waals surface area contributed by atoms with Crippen LogP contribution in [0.15, 0.2) is 54.6 Å². The normalized spacial score (nSPS) is 10.1. The van der Waals surface area contributed by atoms with Crippen molar-refractivity contribution in [3.05, 3.63) is 65.7 Å². The van der Waals surface area contributed by atoms with Gasteiger partial charge in [0.2, 0.25) is 0 Å². The van der Waals surface area contributed by atoms with E-state index in [-0.39, 0.29) is 0 Å². The van der Waals surface area contributed by atoms with E-state index in [0.717, 1.165) is 10.2 Å². The molecule has 0 amide bonds. The number of halogens is 1. The number of ether oxygens (including phenoxy) is 1. The van der Waals surface area contributed by atoms with E-state index in [1.807, 2.05) is 36.4 Å². The zero-order valence-corrected chi connectivity index (χ0v) is 11.1. The summed E-state index contributed by atoms with van der Waals surface area (Å²) in [6, 6.07) is 18.4. The molecule has 0 aliphatic rings. The van der Waals surface area contributed by atoms with Crippen LogP contribution in [-0.4, -0.2) is 0 Å². The Bertz CT molecular complexity index is 439. The summed E-state index contributed by atoms with van der Waals surface area (Å²) >= 11 is 2.35. The van der Waals surface area contributed by atoms with Crippen LogP contribution in [0.5, 0.6) is 5.75 Å². The highest BCUT2D eigenvalue weighted by Crippen LogP contribution is 2.21. The molecule has 2 aromatic rings. The Balaban J connectivity index is 2.05. The first-order valence-electron chi connectivity index (χ1n) is 5.21. The molecule has 0 radical (unpaired) electrons. The smallest absolute Gasteiger partial charge is 0.123 e. The van der Waals surface area contributed by atoms with Gasteiger partial charge in [-0.2, -0.15) is 0 Å². The average molecular weight is 324 g/mol. The van der Waals surface area contributed by atoms with E-state index in [2.05, 4.69) is 40.8 Å². The highest BCUT2D eigenvalue weighted by atomic mass is 127. The van der Waals surface area contributed by atoms with E-state index in [0.29, 0.717) is 6.61 Å². The Kier molecular flexibility index (Phi) is 4.22. The van der Waals surface area contributed by atoms with Gasteiger partial charge in [0.05, 0.1) is 0 Å². The summed E-state index contributed by atoms with van der Waals surface area (Å²) in [5, 5.41) is 0. The van der Waals surface area contributed by atoms with Crippen molar-refractivity contribution in [1.82, 2.24) is 0 Å². The molecule has 0 N–H and O–H groups in total. The van der Waals surface area contributed by atoms with Crippen LogP contribution in [0.3, 0.4) is 0 Å². The highest BCUT2D eigenvalue weighted by molar-refractivity contribution is 14.1. The van der Waals surface area contributed by atoms with E-state index in [1.54, 1.807) is 0 Å². The summed E-state index contributed by atoms with van der Waals surface area (Å²) in [4.78, 5) is 0. The SMILES string of the molecule is ICc1ccccc1OCc1ccccc1. The third-order valence-electron chi connectivity index (χ3n) is 2.35. The van der Waals surface area contributed by atoms with Crippen LogP contribution < -0.4 is 4.74 Å². The number of benzene rings is 2. The lowest BCUT2D eigenvalue weighted by atomic mass is 10.2. The van der Waals surface area contributed by atoms with Crippen molar-refractivity contribution in [3.63, 3.8) is 0 Å². The minimum absolute atomic E-state index is 0.633. The molecular formula is C14H13IO. The van der Waals surface area contributed by atoms with Gasteiger partial charge in [0, 0.05) is 9.99 Å². The second-order valence-corrected chi connectivity index (χ2v) is 4.28. The summed E-state index contributed by atoms with van der Waals surface area (Å²) in [5.41, 5.74) is 2.45. The summed E-state index contributed by atoms with van der Waals surface area (Å²) in [6.07, 6.45) is 0. The molecule has 0 atom stereocenters. The van der Waals surface area contributed by atoms with Gasteiger partial charge >= 0.3 is 0 Å². The largest absolute Gasteiger partial charge is 0.489 e. The topological polar surface area (TPSA) is 9.23 Å². The first-order valence-corrected chi connectivity index (χ1v) is 6.73. The lowest BCUT2D eigenvalue weighted by Gasteiger charge is -2.09. The van der Waals surface area contributed by atoms with Gasteiger partial charge in [-0.15, -0.1) is 0 Å². The Labute approximate surface area is 110 Å². The maximum atomic E-state index is 5.81. The minimum Gasteiger partial charge on any atom is -0.489 e. The van der Waals surface area contributed by atoms with Crippen molar-refractivity contribution in [3.8, 4) is 5.75 Å². The third-order valence-corrected chi connectivity index (χ3v) is 3.18. The van der Waals surface area contributed by atoms with Crippen molar-refractivity contribution in [2.75, 3.05) is 0 Å². The molecule has 0 aromatic heterocycles. The number of alkyl halides is 1. The maximum Gasteiger partial charge on any atom is 0.123 e. The van der Waals surface area contributed by atoms with Gasteiger partial charge in [0.15, 0.2) is 0 Å². The van der Waals surface area contributed by atoms with E-state index in [9.17, 15) is 0 Å². The van der Waals surface area contributed by atoms with Crippen LogP contribution in [-0.2, 0) is 11.0 Å². The van der Waals surface area contributed by atoms with Gasteiger partial charge in [-0.3, -0.25) is 0 Å². The van der Waals surface area contributed by atoms with Crippen molar-refractivity contribution in [1.29, 1.82) is 0 Å². The van der Waals surface area contributed by atoms with Crippen LogP contribution in [0.2, 0.25) is 0 Å². The van der Waals surface area contributed by atoms with E-state index in [4.69, 9.17) is 4.74 Å². The lowest BCUT2D eigenvalue weighted by Crippen LogP contribution is -1.97. The Morgan fingerprint density at radius 1 is 0.875 bits per heavy atom. The molecule has 0 saturated carbocycles. The van der Waals surface area contributed by atoms with Crippen LogP contribution in [0.25, 0.3) is 0 Å². The number of hydrogen-bond acceptors (Lipinski definition) is 1. The summed E-state index contributed by atoms with van der Waals surface area (Å²) in [5.74, 6) is 0.987. The Hall–Kier alpha value is -1.03. The molecule has 0 spiro atoms. The van der Waals surface area contributed by atoms with Gasteiger partial charge < -0.3 is 4.74 Å². The molecule has 16 heavy (non-hydrogen) atoms. The summed E-state index contributed by atoms with van der Waals surface area (Å²) in [7, 11) is 0. The van der Waals surface area contributed by atoms with Gasteiger partial charge in [-0.1, -0.05) is 71.1 Å². The summed E-state index contributed by atoms with van der Waals surface area (Å²) in [6.45, 7) is 0.633. The molecule has 0 bridgehead atoms. The molecule has 82 valence electrons. The molecule has 0 heterocycles. The molecule has 0 aliphatic carbocycles. The van der Waals surface area contributed by atoms with Crippen LogP contribution in [0.1, 0.15) is 11.1 Å². The van der Waals surface area contributed by atoms with Crippen LogP contribution >= 0.6 is 22.6 Å². The molecule has 2 rings (SSSR count). The second kappa shape index (κ2) is 5.89. The van der Waals surface area contributed by atoms with E-state index >= 15 is 0 Å². The maximum absolute atomic E-state index is 5.81. The molecule has 0 unspecified atom stereocenters. The zero-order valence-electron chi connectivity index (χ0n) is 8.90. The number of hydrogen-bond donors (Lipinski definition) is 0. The summed E-state index contributed by atoms with van der Waals surface area (Å²) < 4.78 is 6.78. The van der Waals surface area contributed by atoms with Crippen molar-refractivity contribution >= 4 is 22.6 Å².